The van der Waals surface area contributed by atoms with E-state index in [1.165, 1.54) is 40.9 Å². The minimum Gasteiger partial charge on any atom is -1.00 e. The average Bonchev–Trinajstić information content (AvgIpc) is 3.34. The molecule has 4 aromatic rings. The van der Waals surface area contributed by atoms with Gasteiger partial charge >= 0.3 is 26.2 Å². The molecule has 1 aromatic heterocycles. The van der Waals surface area contributed by atoms with E-state index in [1.54, 1.807) is 0 Å². The zero-order chi connectivity index (χ0) is 15.9. The van der Waals surface area contributed by atoms with Crippen molar-refractivity contribution in [1.29, 1.82) is 0 Å². The van der Waals surface area contributed by atoms with Crippen molar-refractivity contribution in [3.63, 3.8) is 0 Å². The summed E-state index contributed by atoms with van der Waals surface area (Å²) in [5.74, 6) is 4.59. The van der Waals surface area contributed by atoms with E-state index in [0.717, 1.165) is 0 Å². The Hall–Kier alpha value is -0.577. The van der Waals surface area contributed by atoms with E-state index in [9.17, 15) is 0 Å². The number of fused-ring (bicyclic) bond motifs is 1. The van der Waals surface area contributed by atoms with Crippen LogP contribution in [-0.2, 0) is 32.6 Å². The van der Waals surface area contributed by atoms with Gasteiger partial charge < -0.3 is 24.8 Å². The van der Waals surface area contributed by atoms with Crippen molar-refractivity contribution in [3.05, 3.63) is 90.0 Å². The first-order valence-electron chi connectivity index (χ1n) is 8.36. The van der Waals surface area contributed by atoms with Crippen LogP contribution >= 0.6 is 7.53 Å². The molecule has 0 aliphatic heterocycles. The van der Waals surface area contributed by atoms with Crippen molar-refractivity contribution in [1.82, 2.24) is 0 Å². The van der Waals surface area contributed by atoms with Crippen LogP contribution in [-0.4, -0.2) is 0 Å². The minimum atomic E-state index is -0.148. The molecule has 0 saturated heterocycles. The number of hydrogen-bond acceptors (Lipinski definition) is 0. The van der Waals surface area contributed by atoms with Crippen LogP contribution in [0.25, 0.3) is 16.1 Å². The Balaban J connectivity index is 0.000000466. The molecular formula is C22H23Cl2PZr. The summed E-state index contributed by atoms with van der Waals surface area (Å²) in [5, 5.41) is 4.18. The normalized spacial score (nSPS) is 9.27. The third-order valence-electron chi connectivity index (χ3n) is 4.06. The molecule has 0 unspecified atom stereocenters. The Bertz CT molecular complexity index is 784. The van der Waals surface area contributed by atoms with Crippen LogP contribution in [0.3, 0.4) is 0 Å². The molecule has 0 nitrogen and oxygen atoms in total. The van der Waals surface area contributed by atoms with Gasteiger partial charge in [-0.3, -0.25) is 0 Å². The summed E-state index contributed by atoms with van der Waals surface area (Å²) >= 11 is 0. The van der Waals surface area contributed by atoms with E-state index in [-0.39, 0.29) is 58.6 Å². The molecule has 0 aliphatic carbocycles. The molecule has 0 fully saturated rings. The van der Waals surface area contributed by atoms with E-state index >= 15 is 0 Å². The maximum absolute atomic E-state index is 2.31. The molecule has 26 heavy (non-hydrogen) atoms. The standard InChI is InChI=1S/C13H10P.C9H13.2ClH.Zr/c1-2-6-12-10-13(9-11(12)5-1)14-7-3-4-8-14;1-2-3-6-9-7-4-5-8-9;;;/h1-10H;4-5,7-8H,2-3,6H2,1H3;2*1H;/q2*-1;;;+4/p-2. The minimum absolute atomic E-state index is 0. The summed E-state index contributed by atoms with van der Waals surface area (Å²) in [7, 11) is -0.148. The molecule has 4 rings (SSSR count). The molecule has 1 heterocycles. The molecule has 0 spiro atoms. The van der Waals surface area contributed by atoms with Crippen molar-refractivity contribution in [2.75, 3.05) is 0 Å². The number of hydrogen-bond donors (Lipinski definition) is 0. The van der Waals surface area contributed by atoms with E-state index in [2.05, 4.69) is 91.3 Å². The Morgan fingerprint density at radius 1 is 0.923 bits per heavy atom. The van der Waals surface area contributed by atoms with Crippen molar-refractivity contribution in [2.45, 2.75) is 26.2 Å². The quantitative estimate of drug-likeness (QED) is 0.387. The van der Waals surface area contributed by atoms with Gasteiger partial charge in [-0.25, -0.2) is 12.1 Å². The number of rotatable bonds is 4. The molecule has 0 atom stereocenters. The topological polar surface area (TPSA) is 0 Å². The molecule has 0 amide bonds. The van der Waals surface area contributed by atoms with Crippen LogP contribution < -0.4 is 24.8 Å². The molecule has 0 bridgehead atoms. The van der Waals surface area contributed by atoms with Gasteiger partial charge in [0.15, 0.2) is 0 Å². The first-order valence-corrected chi connectivity index (χ1v) is 9.84. The van der Waals surface area contributed by atoms with Crippen molar-refractivity contribution < 1.29 is 51.0 Å². The van der Waals surface area contributed by atoms with Gasteiger partial charge in [0.05, 0.1) is 0 Å². The predicted molar refractivity (Wildman–Crippen MR) is 104 cm³/mol. The van der Waals surface area contributed by atoms with E-state index in [4.69, 9.17) is 0 Å². The zero-order valence-electron chi connectivity index (χ0n) is 14.9. The molecule has 0 saturated carbocycles. The molecule has 0 N–H and O–H groups in total. The van der Waals surface area contributed by atoms with Gasteiger partial charge in [0.25, 0.3) is 0 Å². The van der Waals surface area contributed by atoms with Crippen LogP contribution in [0, 0.1) is 0 Å². The molecule has 4 heteroatoms. The monoisotopic (exact) mass is 478 g/mol. The molecular weight excluding hydrogens is 457 g/mol. The second-order valence-electron chi connectivity index (χ2n) is 5.83. The first kappa shape index (κ1) is 25.4. The Morgan fingerprint density at radius 2 is 1.58 bits per heavy atom. The average molecular weight is 481 g/mol. The van der Waals surface area contributed by atoms with E-state index in [0.29, 0.717) is 0 Å². The Labute approximate surface area is 189 Å². The zero-order valence-corrected chi connectivity index (χ0v) is 19.8. The molecule has 0 aliphatic rings. The smallest absolute Gasteiger partial charge is 1.00 e. The van der Waals surface area contributed by atoms with Crippen molar-refractivity contribution in [3.8, 4) is 5.30 Å². The van der Waals surface area contributed by atoms with Crippen molar-refractivity contribution in [2.24, 2.45) is 0 Å². The van der Waals surface area contributed by atoms with Gasteiger partial charge in [-0.05, 0) is 11.6 Å². The summed E-state index contributed by atoms with van der Waals surface area (Å²) in [6.07, 6.45) is 3.87. The van der Waals surface area contributed by atoms with Crippen LogP contribution in [0.1, 0.15) is 25.3 Å². The summed E-state index contributed by atoms with van der Waals surface area (Å²) < 4.78 is 0. The summed E-state index contributed by atoms with van der Waals surface area (Å²) in [5.41, 5.74) is 1.48. The van der Waals surface area contributed by atoms with Crippen LogP contribution in [0.4, 0.5) is 0 Å². The third kappa shape index (κ3) is 7.21. The van der Waals surface area contributed by atoms with Gasteiger partial charge in [-0.2, -0.15) is 23.8 Å². The SMILES string of the molecule is CCCC[c-]1cccc1.[Cl-].[Cl-].[Zr+4].c1ccc2[cH-]c(-p3cccc3)cc2c1. The fraction of sp³-hybridized carbons (Fsp3) is 0.182. The summed E-state index contributed by atoms with van der Waals surface area (Å²) in [6.45, 7) is 2.23. The van der Waals surface area contributed by atoms with Gasteiger partial charge in [0.1, 0.15) is 0 Å². The van der Waals surface area contributed by atoms with E-state index in [1.807, 2.05) is 0 Å². The summed E-state index contributed by atoms with van der Waals surface area (Å²) in [6, 6.07) is 26.0. The maximum atomic E-state index is 2.31. The second kappa shape index (κ2) is 13.6. The van der Waals surface area contributed by atoms with Gasteiger partial charge in [-0.1, -0.05) is 49.7 Å². The maximum Gasteiger partial charge on any atom is 4.00 e. The Morgan fingerprint density at radius 3 is 2.19 bits per heavy atom. The fourth-order valence-corrected chi connectivity index (χ4v) is 4.34. The number of halogens is 2. The number of aryl methyl sites for hydroxylation is 1. The first-order chi connectivity index (χ1) is 11.4. The third-order valence-corrected chi connectivity index (χ3v) is 5.90. The molecule has 3 aromatic carbocycles. The Kier molecular flexibility index (Phi) is 13.3. The van der Waals surface area contributed by atoms with Gasteiger partial charge in [0, 0.05) is 0 Å². The fourth-order valence-electron chi connectivity index (χ4n) is 2.75. The van der Waals surface area contributed by atoms with Crippen LogP contribution in [0.2, 0.25) is 0 Å². The van der Waals surface area contributed by atoms with E-state index < -0.39 is 0 Å². The van der Waals surface area contributed by atoms with Gasteiger partial charge in [-0.15, -0.1) is 42.6 Å². The summed E-state index contributed by atoms with van der Waals surface area (Å²) in [4.78, 5) is 0. The van der Waals surface area contributed by atoms with Crippen LogP contribution in [0.15, 0.2) is 84.4 Å². The predicted octanol–water partition coefficient (Wildman–Crippen LogP) is 1.29. The number of unbranched alkanes of at least 4 members (excludes halogenated alkanes) is 1. The van der Waals surface area contributed by atoms with Crippen molar-refractivity contribution >= 4 is 18.3 Å². The largest absolute Gasteiger partial charge is 4.00 e. The molecule has 134 valence electrons. The van der Waals surface area contributed by atoms with Crippen LogP contribution in [0.5, 0.6) is 0 Å². The second-order valence-corrected chi connectivity index (χ2v) is 7.76. The number of benzene rings is 1. The molecule has 0 radical (unpaired) electrons. The van der Waals surface area contributed by atoms with Gasteiger partial charge in [0.2, 0.25) is 0 Å².